The first-order chi connectivity index (χ1) is 12.8. The lowest BCUT2D eigenvalue weighted by atomic mass is 10.2. The second-order valence-electron chi connectivity index (χ2n) is 5.39. The van der Waals surface area contributed by atoms with Crippen LogP contribution < -0.4 is 14.8 Å². The molecule has 8 nitrogen and oxygen atoms in total. The summed E-state index contributed by atoms with van der Waals surface area (Å²) in [6, 6.07) is 10.6. The van der Waals surface area contributed by atoms with Gasteiger partial charge in [0.15, 0.2) is 0 Å². The Labute approximate surface area is 164 Å². The van der Waals surface area contributed by atoms with Gasteiger partial charge in [-0.3, -0.25) is 9.52 Å². The number of ether oxygens (including phenoxy) is 1. The van der Waals surface area contributed by atoms with Crippen LogP contribution in [0.1, 0.15) is 10.4 Å². The van der Waals surface area contributed by atoms with E-state index in [0.29, 0.717) is 27.3 Å². The van der Waals surface area contributed by atoms with E-state index in [-0.39, 0.29) is 10.1 Å². The van der Waals surface area contributed by atoms with Gasteiger partial charge in [0.05, 0.1) is 11.4 Å². The molecule has 0 saturated carbocycles. The molecule has 0 radical (unpaired) electrons. The van der Waals surface area contributed by atoms with Gasteiger partial charge < -0.3 is 10.1 Å². The van der Waals surface area contributed by atoms with Crippen LogP contribution in [0.25, 0.3) is 0 Å². The van der Waals surface area contributed by atoms with Crippen molar-refractivity contribution in [1.82, 2.24) is 9.78 Å². The zero-order valence-electron chi connectivity index (χ0n) is 14.3. The van der Waals surface area contributed by atoms with Crippen LogP contribution in [-0.4, -0.2) is 31.2 Å². The minimum absolute atomic E-state index is 0.111. The molecule has 0 aliphatic rings. The summed E-state index contributed by atoms with van der Waals surface area (Å²) in [6.07, 6.45) is 0. The number of aryl methyl sites for hydroxylation is 1. The zero-order valence-corrected chi connectivity index (χ0v) is 16.7. The standard InChI is InChI=1S/C16H15ClN4O4S2/c1-21-13(9-14(19-21)25-2)18-16(22)10-3-5-11(6-4-10)20-27(23,24)15-8-7-12(17)26-15/h3-9,20H,1-2H3,(H,18,22). The summed E-state index contributed by atoms with van der Waals surface area (Å²) < 4.78 is 34.0. The Morgan fingerprint density at radius 2 is 1.93 bits per heavy atom. The number of carbonyl (C=O) groups excluding carboxylic acids is 1. The van der Waals surface area contributed by atoms with Crippen molar-refractivity contribution in [2.24, 2.45) is 7.05 Å². The predicted octanol–water partition coefficient (Wildman–Crippen LogP) is 3.20. The molecule has 0 atom stereocenters. The molecular weight excluding hydrogens is 412 g/mol. The number of hydrogen-bond acceptors (Lipinski definition) is 6. The Bertz CT molecular complexity index is 1070. The maximum Gasteiger partial charge on any atom is 0.271 e. The fraction of sp³-hybridized carbons (Fsp3) is 0.125. The molecule has 0 aliphatic carbocycles. The van der Waals surface area contributed by atoms with Gasteiger partial charge in [-0.15, -0.1) is 16.4 Å². The number of sulfonamides is 1. The number of nitrogens with zero attached hydrogens (tertiary/aromatic N) is 2. The molecule has 2 heterocycles. The molecule has 0 aliphatic heterocycles. The van der Waals surface area contributed by atoms with Crippen molar-refractivity contribution < 1.29 is 17.9 Å². The number of carbonyl (C=O) groups is 1. The van der Waals surface area contributed by atoms with E-state index in [9.17, 15) is 13.2 Å². The maximum atomic E-state index is 12.3. The molecule has 1 amide bonds. The van der Waals surface area contributed by atoms with Crippen molar-refractivity contribution in [2.75, 3.05) is 17.1 Å². The van der Waals surface area contributed by atoms with Gasteiger partial charge in [-0.1, -0.05) is 11.6 Å². The van der Waals surface area contributed by atoms with E-state index in [4.69, 9.17) is 16.3 Å². The summed E-state index contributed by atoms with van der Waals surface area (Å²) in [5.41, 5.74) is 0.690. The molecule has 2 N–H and O–H groups in total. The molecule has 1 aromatic carbocycles. The number of nitrogens with one attached hydrogen (secondary N) is 2. The highest BCUT2D eigenvalue weighted by molar-refractivity contribution is 7.94. The van der Waals surface area contributed by atoms with E-state index in [0.717, 1.165) is 11.3 Å². The van der Waals surface area contributed by atoms with Crippen molar-refractivity contribution in [1.29, 1.82) is 0 Å². The SMILES string of the molecule is COc1cc(NC(=O)c2ccc(NS(=O)(=O)c3ccc(Cl)s3)cc2)n(C)n1. The third-order valence-corrected chi connectivity index (χ3v) is 6.63. The molecule has 0 fully saturated rings. The van der Waals surface area contributed by atoms with Crippen LogP contribution in [0, 0.1) is 0 Å². The summed E-state index contributed by atoms with van der Waals surface area (Å²) in [6.45, 7) is 0. The Morgan fingerprint density at radius 1 is 1.22 bits per heavy atom. The number of aromatic nitrogens is 2. The number of thiophene rings is 1. The van der Waals surface area contributed by atoms with Crippen LogP contribution >= 0.6 is 22.9 Å². The largest absolute Gasteiger partial charge is 0.480 e. The molecule has 0 spiro atoms. The monoisotopic (exact) mass is 426 g/mol. The molecule has 0 saturated heterocycles. The first-order valence-corrected chi connectivity index (χ1v) is 10.2. The topological polar surface area (TPSA) is 102 Å². The van der Waals surface area contributed by atoms with Crippen molar-refractivity contribution in [2.45, 2.75) is 4.21 Å². The fourth-order valence-electron chi connectivity index (χ4n) is 2.18. The second-order valence-corrected chi connectivity index (χ2v) is 9.02. The van der Waals surface area contributed by atoms with Gasteiger partial charge in [0.25, 0.3) is 15.9 Å². The first-order valence-electron chi connectivity index (χ1n) is 7.56. The van der Waals surface area contributed by atoms with Crippen molar-refractivity contribution in [3.8, 4) is 5.88 Å². The third kappa shape index (κ3) is 4.41. The van der Waals surface area contributed by atoms with E-state index in [1.54, 1.807) is 13.1 Å². The fourth-order valence-corrected chi connectivity index (χ4v) is 4.72. The van der Waals surface area contributed by atoms with Crippen molar-refractivity contribution >= 4 is 50.4 Å². The Kier molecular flexibility index (Phi) is 5.40. The highest BCUT2D eigenvalue weighted by Gasteiger charge is 2.17. The molecule has 0 unspecified atom stereocenters. The highest BCUT2D eigenvalue weighted by atomic mass is 35.5. The van der Waals surface area contributed by atoms with Crippen LogP contribution in [0.3, 0.4) is 0 Å². The second kappa shape index (κ2) is 7.59. The van der Waals surface area contributed by atoms with E-state index in [1.165, 1.54) is 48.2 Å². The van der Waals surface area contributed by atoms with E-state index >= 15 is 0 Å². The summed E-state index contributed by atoms with van der Waals surface area (Å²) >= 11 is 6.74. The average molecular weight is 427 g/mol. The van der Waals surface area contributed by atoms with Crippen LogP contribution in [0.5, 0.6) is 5.88 Å². The lowest BCUT2D eigenvalue weighted by Crippen LogP contribution is -2.15. The molecule has 3 aromatic rings. The number of benzene rings is 1. The van der Waals surface area contributed by atoms with Crippen LogP contribution in [0.2, 0.25) is 4.34 Å². The van der Waals surface area contributed by atoms with Crippen LogP contribution in [-0.2, 0) is 17.1 Å². The van der Waals surface area contributed by atoms with E-state index in [1.807, 2.05) is 0 Å². The summed E-state index contributed by atoms with van der Waals surface area (Å²) in [4.78, 5) is 12.3. The lowest BCUT2D eigenvalue weighted by Gasteiger charge is -2.08. The summed E-state index contributed by atoms with van der Waals surface area (Å²) in [5, 5.41) is 6.76. The average Bonchev–Trinajstić information content (AvgIpc) is 3.21. The van der Waals surface area contributed by atoms with Crippen molar-refractivity contribution in [3.63, 3.8) is 0 Å². The predicted molar refractivity (Wildman–Crippen MR) is 104 cm³/mol. The van der Waals surface area contributed by atoms with Crippen LogP contribution in [0.15, 0.2) is 46.7 Å². The van der Waals surface area contributed by atoms with Gasteiger partial charge in [0, 0.05) is 24.4 Å². The summed E-state index contributed by atoms with van der Waals surface area (Å²) in [7, 11) is -0.564. The summed E-state index contributed by atoms with van der Waals surface area (Å²) in [5.74, 6) is 0.488. The molecule has 27 heavy (non-hydrogen) atoms. The number of amides is 1. The molecule has 142 valence electrons. The van der Waals surface area contributed by atoms with Gasteiger partial charge >= 0.3 is 0 Å². The number of halogens is 1. The smallest absolute Gasteiger partial charge is 0.271 e. The minimum atomic E-state index is -3.72. The van der Waals surface area contributed by atoms with Crippen molar-refractivity contribution in [3.05, 3.63) is 52.4 Å². The maximum absolute atomic E-state index is 12.3. The number of anilines is 2. The lowest BCUT2D eigenvalue weighted by molar-refractivity contribution is 0.102. The third-order valence-electron chi connectivity index (χ3n) is 3.52. The van der Waals surface area contributed by atoms with Gasteiger partial charge in [-0.25, -0.2) is 13.1 Å². The Balaban J connectivity index is 1.71. The molecule has 3 rings (SSSR count). The number of methoxy groups -OCH3 is 1. The highest BCUT2D eigenvalue weighted by Crippen LogP contribution is 2.27. The molecule has 2 aromatic heterocycles. The van der Waals surface area contributed by atoms with Gasteiger partial charge in [-0.2, -0.15) is 0 Å². The first kappa shape index (κ1) is 19.2. The van der Waals surface area contributed by atoms with E-state index in [2.05, 4.69) is 15.1 Å². The number of hydrogen-bond donors (Lipinski definition) is 2. The normalized spacial score (nSPS) is 11.2. The van der Waals surface area contributed by atoms with E-state index < -0.39 is 10.0 Å². The van der Waals surface area contributed by atoms with Gasteiger partial charge in [-0.05, 0) is 36.4 Å². The molecular formula is C16H15ClN4O4S2. The number of rotatable bonds is 6. The quantitative estimate of drug-likeness (QED) is 0.630. The zero-order chi connectivity index (χ0) is 19.6. The Morgan fingerprint density at radius 3 is 2.48 bits per heavy atom. The minimum Gasteiger partial charge on any atom is -0.480 e. The van der Waals surface area contributed by atoms with Crippen LogP contribution in [0.4, 0.5) is 11.5 Å². The van der Waals surface area contributed by atoms with Gasteiger partial charge in [0.2, 0.25) is 5.88 Å². The molecule has 0 bridgehead atoms. The molecule has 11 heteroatoms. The van der Waals surface area contributed by atoms with Gasteiger partial charge in [0.1, 0.15) is 10.0 Å². The Hall–Kier alpha value is -2.56.